The van der Waals surface area contributed by atoms with Gasteiger partial charge in [-0.25, -0.2) is 9.59 Å². The second-order valence-electron chi connectivity index (χ2n) is 11.4. The number of benzene rings is 2. The Balaban J connectivity index is 1.37. The largest absolute Gasteiger partial charge is 0.508 e. The lowest BCUT2D eigenvalue weighted by Gasteiger charge is -2.42. The monoisotopic (exact) mass is 626 g/mol. The number of amides is 2. The summed E-state index contributed by atoms with van der Waals surface area (Å²) in [7, 11) is 0. The summed E-state index contributed by atoms with van der Waals surface area (Å²) in [5.41, 5.74) is -0.733. The van der Waals surface area contributed by atoms with E-state index in [2.05, 4.69) is 0 Å². The molecular weight excluding hydrogens is 592 g/mol. The van der Waals surface area contributed by atoms with Gasteiger partial charge in [-0.2, -0.15) is 0 Å². The van der Waals surface area contributed by atoms with Gasteiger partial charge in [0, 0.05) is 43.9 Å². The third-order valence-electron chi connectivity index (χ3n) is 8.23. The summed E-state index contributed by atoms with van der Waals surface area (Å²) >= 11 is 0. The van der Waals surface area contributed by atoms with Crippen LogP contribution in [-0.4, -0.2) is 99.3 Å². The fourth-order valence-corrected chi connectivity index (χ4v) is 5.86. The first kappa shape index (κ1) is 30.3. The lowest BCUT2D eigenvalue weighted by molar-refractivity contribution is -0.268. The molecule has 0 radical (unpaired) electrons. The van der Waals surface area contributed by atoms with Gasteiger partial charge in [-0.3, -0.25) is 4.79 Å². The number of rotatable bonds is 5. The molecule has 3 saturated heterocycles. The summed E-state index contributed by atoms with van der Waals surface area (Å²) in [6.45, 7) is 3.52. The van der Waals surface area contributed by atoms with Crippen molar-refractivity contribution >= 4 is 23.2 Å². The molecule has 0 saturated carbocycles. The Hall–Kier alpha value is -4.69. The third-order valence-corrected chi connectivity index (χ3v) is 8.23. The smallest absolute Gasteiger partial charge is 0.410 e. The van der Waals surface area contributed by atoms with E-state index in [1.807, 2.05) is 0 Å². The van der Waals surface area contributed by atoms with Crippen LogP contribution in [0.25, 0.3) is 22.3 Å². The van der Waals surface area contributed by atoms with E-state index in [9.17, 15) is 34.8 Å². The van der Waals surface area contributed by atoms with Crippen LogP contribution in [0.5, 0.6) is 23.0 Å². The summed E-state index contributed by atoms with van der Waals surface area (Å²) < 4.78 is 29.4. The number of fused-ring (bicyclic) bond motifs is 1. The summed E-state index contributed by atoms with van der Waals surface area (Å²) in [4.78, 5) is 42.8. The standard InChI is InChI=1S/C31H34N2O12/c1-16-25(44-30(39)32-10-2-3-11-32)28(45-31(40)33-12-4-5-13-33)24(38)29(41-16)43-27-23(37)22-20(36)14-19(35)15-21(22)42-26(27)17-6-8-18(34)9-7-17/h6-9,14-16,24-25,28-29,34-36,38H,2-5,10-13H2,1H3/t16-,24+,25-,28-,29-/m0/s1. The quantitative estimate of drug-likeness (QED) is 0.324. The molecule has 3 aromatic rings. The average molecular weight is 627 g/mol. The molecule has 4 N–H and O–H groups in total. The summed E-state index contributed by atoms with van der Waals surface area (Å²) in [5, 5.41) is 41.6. The third kappa shape index (κ3) is 6.02. The highest BCUT2D eigenvalue weighted by Gasteiger charge is 2.51. The van der Waals surface area contributed by atoms with Crippen molar-refractivity contribution in [2.24, 2.45) is 0 Å². The predicted molar refractivity (Wildman–Crippen MR) is 156 cm³/mol. The van der Waals surface area contributed by atoms with Crippen molar-refractivity contribution in [1.29, 1.82) is 0 Å². The Morgan fingerprint density at radius 2 is 1.42 bits per heavy atom. The lowest BCUT2D eigenvalue weighted by Crippen LogP contribution is -2.62. The minimum absolute atomic E-state index is 0.0586. The van der Waals surface area contributed by atoms with Crippen molar-refractivity contribution in [2.75, 3.05) is 26.2 Å². The number of phenolic OH excluding ortho intramolecular Hbond substituents is 3. The Morgan fingerprint density at radius 3 is 2.02 bits per heavy atom. The molecule has 14 nitrogen and oxygen atoms in total. The molecule has 1 aromatic heterocycles. The molecule has 0 bridgehead atoms. The van der Waals surface area contributed by atoms with E-state index in [-0.39, 0.29) is 33.8 Å². The van der Waals surface area contributed by atoms with Crippen molar-refractivity contribution in [2.45, 2.75) is 63.3 Å². The molecule has 5 atom stereocenters. The minimum atomic E-state index is -1.75. The van der Waals surface area contributed by atoms with E-state index in [0.29, 0.717) is 26.2 Å². The van der Waals surface area contributed by atoms with Crippen LogP contribution in [-0.2, 0) is 14.2 Å². The fraction of sp³-hybridized carbons (Fsp3) is 0.452. The first-order valence-corrected chi connectivity index (χ1v) is 14.8. The number of aliphatic hydroxyl groups excluding tert-OH is 1. The molecule has 4 heterocycles. The normalized spacial score (nSPS) is 25.0. The molecule has 3 aliphatic rings. The Morgan fingerprint density at radius 1 is 0.844 bits per heavy atom. The van der Waals surface area contributed by atoms with Gasteiger partial charge in [0.25, 0.3) is 0 Å². The van der Waals surface area contributed by atoms with Gasteiger partial charge in [0.2, 0.25) is 17.5 Å². The maximum atomic E-state index is 13.8. The van der Waals surface area contributed by atoms with Gasteiger partial charge in [0.15, 0.2) is 24.1 Å². The highest BCUT2D eigenvalue weighted by Crippen LogP contribution is 2.38. The van der Waals surface area contributed by atoms with E-state index in [1.54, 1.807) is 6.92 Å². The first-order chi connectivity index (χ1) is 21.6. The Bertz CT molecular complexity index is 1630. The highest BCUT2D eigenvalue weighted by atomic mass is 16.7. The zero-order valence-electron chi connectivity index (χ0n) is 24.5. The van der Waals surface area contributed by atoms with E-state index in [0.717, 1.165) is 37.8 Å². The number of likely N-dealkylation sites (tertiary alicyclic amines) is 2. The van der Waals surface area contributed by atoms with E-state index in [4.69, 9.17) is 23.4 Å². The summed E-state index contributed by atoms with van der Waals surface area (Å²) in [6, 6.07) is 7.71. The van der Waals surface area contributed by atoms with Crippen LogP contribution in [0.2, 0.25) is 0 Å². The molecule has 2 amide bonds. The molecule has 3 fully saturated rings. The molecule has 0 spiro atoms. The van der Waals surface area contributed by atoms with Crippen molar-refractivity contribution in [1.82, 2.24) is 9.80 Å². The molecule has 2 aromatic carbocycles. The van der Waals surface area contributed by atoms with Gasteiger partial charge in [0.05, 0.1) is 6.10 Å². The average Bonchev–Trinajstić information content (AvgIpc) is 3.74. The predicted octanol–water partition coefficient (Wildman–Crippen LogP) is 3.26. The number of phenols is 3. The summed E-state index contributed by atoms with van der Waals surface area (Å²) in [5.74, 6) is -1.62. The lowest BCUT2D eigenvalue weighted by atomic mass is 9.99. The van der Waals surface area contributed by atoms with Crippen LogP contribution in [0.1, 0.15) is 32.6 Å². The Kier molecular flexibility index (Phi) is 8.34. The van der Waals surface area contributed by atoms with Gasteiger partial charge in [-0.1, -0.05) is 0 Å². The fourth-order valence-electron chi connectivity index (χ4n) is 5.86. The molecule has 45 heavy (non-hydrogen) atoms. The topological polar surface area (TPSA) is 189 Å². The van der Waals surface area contributed by atoms with Crippen LogP contribution < -0.4 is 10.2 Å². The van der Waals surface area contributed by atoms with Crippen LogP contribution in [0, 0.1) is 0 Å². The van der Waals surface area contributed by atoms with Gasteiger partial charge in [-0.05, 0) is 56.9 Å². The number of nitrogens with zero attached hydrogens (tertiary/aromatic N) is 2. The second-order valence-corrected chi connectivity index (χ2v) is 11.4. The van der Waals surface area contributed by atoms with Crippen LogP contribution >= 0.6 is 0 Å². The van der Waals surface area contributed by atoms with Gasteiger partial charge >= 0.3 is 12.2 Å². The molecular formula is C31H34N2O12. The molecule has 14 heteroatoms. The molecule has 0 aliphatic carbocycles. The zero-order valence-corrected chi connectivity index (χ0v) is 24.5. The van der Waals surface area contributed by atoms with E-state index in [1.165, 1.54) is 34.1 Å². The second kappa shape index (κ2) is 12.4. The van der Waals surface area contributed by atoms with Gasteiger partial charge in [0.1, 0.15) is 28.2 Å². The van der Waals surface area contributed by atoms with Gasteiger partial charge < -0.3 is 53.6 Å². The van der Waals surface area contributed by atoms with Gasteiger partial charge in [-0.15, -0.1) is 0 Å². The van der Waals surface area contributed by atoms with Crippen LogP contribution in [0.3, 0.4) is 0 Å². The maximum absolute atomic E-state index is 13.8. The number of aliphatic hydroxyl groups is 1. The molecule has 3 aliphatic heterocycles. The first-order valence-electron chi connectivity index (χ1n) is 14.8. The van der Waals surface area contributed by atoms with Crippen molar-refractivity contribution in [3.05, 3.63) is 46.6 Å². The number of aromatic hydroxyl groups is 3. The van der Waals surface area contributed by atoms with E-state index >= 15 is 0 Å². The molecule has 6 rings (SSSR count). The Labute approximate surface area is 256 Å². The van der Waals surface area contributed by atoms with Crippen molar-refractivity contribution < 1.29 is 53.4 Å². The molecule has 240 valence electrons. The minimum Gasteiger partial charge on any atom is -0.508 e. The number of carbonyl (C=O) groups is 2. The van der Waals surface area contributed by atoms with Crippen molar-refractivity contribution in [3.8, 4) is 34.3 Å². The summed E-state index contributed by atoms with van der Waals surface area (Å²) in [6.07, 6.45) is -5.10. The number of hydrogen-bond donors (Lipinski definition) is 4. The number of ether oxygens (including phenoxy) is 4. The SMILES string of the molecule is C[C@@H]1O[C@@H](Oc2c(-c3ccc(O)cc3)oc3cc(O)cc(O)c3c2=O)[C@H](O)[C@H](OC(=O)N2CCCC2)[C@H]1OC(=O)N1CCCC1. The molecule has 0 unspecified atom stereocenters. The number of carbonyl (C=O) groups excluding carboxylic acids is 2. The zero-order chi connectivity index (χ0) is 31.8. The van der Waals surface area contributed by atoms with Crippen LogP contribution in [0.15, 0.2) is 45.6 Å². The maximum Gasteiger partial charge on any atom is 0.410 e. The number of hydrogen-bond acceptors (Lipinski definition) is 12. The van der Waals surface area contributed by atoms with E-state index < -0.39 is 59.8 Å². The highest BCUT2D eigenvalue weighted by molar-refractivity contribution is 5.88. The van der Waals surface area contributed by atoms with Crippen molar-refractivity contribution in [3.63, 3.8) is 0 Å². The van der Waals surface area contributed by atoms with Crippen LogP contribution in [0.4, 0.5) is 9.59 Å².